The highest BCUT2D eigenvalue weighted by atomic mass is 19.4. The van der Waals surface area contributed by atoms with Gasteiger partial charge in [0.05, 0.1) is 11.1 Å². The Bertz CT molecular complexity index is 424. The molecule has 0 saturated carbocycles. The van der Waals surface area contributed by atoms with E-state index >= 15 is 0 Å². The second-order valence-electron chi connectivity index (χ2n) is 4.46. The molecule has 1 aliphatic heterocycles. The Morgan fingerprint density at radius 1 is 0.737 bits per heavy atom. The Hall–Kier alpha value is -1.40. The maximum absolute atomic E-state index is 12.6. The van der Waals surface area contributed by atoms with Gasteiger partial charge in [0, 0.05) is 18.8 Å². The minimum absolute atomic E-state index is 0.0142. The molecule has 0 N–H and O–H groups in total. The third-order valence-electron chi connectivity index (χ3n) is 3.04. The summed E-state index contributed by atoms with van der Waals surface area (Å²) in [5, 5.41) is 0. The van der Waals surface area contributed by atoms with E-state index < -0.39 is 23.5 Å². The maximum Gasteiger partial charge on any atom is 0.416 e. The smallest absolute Gasteiger partial charge is 0.372 e. The molecular formula is C12H11F6N. The second kappa shape index (κ2) is 4.61. The highest BCUT2D eigenvalue weighted by molar-refractivity contribution is 5.53. The van der Waals surface area contributed by atoms with Gasteiger partial charge >= 0.3 is 12.4 Å². The molecule has 1 nitrogen and oxygen atoms in total. The first-order chi connectivity index (χ1) is 8.68. The summed E-state index contributed by atoms with van der Waals surface area (Å²) >= 11 is 0. The molecule has 106 valence electrons. The average molecular weight is 283 g/mol. The molecule has 0 atom stereocenters. The first-order valence-corrected chi connectivity index (χ1v) is 5.72. The molecule has 0 aliphatic carbocycles. The van der Waals surface area contributed by atoms with E-state index in [-0.39, 0.29) is 11.8 Å². The van der Waals surface area contributed by atoms with Crippen LogP contribution in [0.3, 0.4) is 0 Å². The zero-order valence-corrected chi connectivity index (χ0v) is 9.78. The van der Waals surface area contributed by atoms with Gasteiger partial charge in [-0.05, 0) is 31.0 Å². The lowest BCUT2D eigenvalue weighted by molar-refractivity contribution is -0.143. The molecule has 19 heavy (non-hydrogen) atoms. The Morgan fingerprint density at radius 3 is 1.53 bits per heavy atom. The fraction of sp³-hybridized carbons (Fsp3) is 0.500. The van der Waals surface area contributed by atoms with E-state index in [1.807, 2.05) is 0 Å². The van der Waals surface area contributed by atoms with Crippen molar-refractivity contribution in [3.05, 3.63) is 29.3 Å². The molecule has 0 spiro atoms. The minimum atomic E-state index is -4.78. The van der Waals surface area contributed by atoms with Gasteiger partial charge in [-0.15, -0.1) is 0 Å². The summed E-state index contributed by atoms with van der Waals surface area (Å²) in [7, 11) is 0. The standard InChI is InChI=1S/C12H11F6N/c13-11(14,15)8-5-9(12(16,17)18)7-10(6-8)19-3-1-2-4-19/h5-7H,1-4H2. The summed E-state index contributed by atoms with van der Waals surface area (Å²) in [4.78, 5) is 1.55. The number of alkyl halides is 6. The molecule has 1 aliphatic rings. The number of anilines is 1. The fourth-order valence-electron chi connectivity index (χ4n) is 2.10. The van der Waals surface area contributed by atoms with Gasteiger partial charge in [0.2, 0.25) is 0 Å². The van der Waals surface area contributed by atoms with E-state index in [0.29, 0.717) is 13.1 Å². The number of halogens is 6. The van der Waals surface area contributed by atoms with Gasteiger partial charge in [-0.3, -0.25) is 0 Å². The van der Waals surface area contributed by atoms with Crippen molar-refractivity contribution >= 4 is 5.69 Å². The normalized spacial score (nSPS) is 17.1. The van der Waals surface area contributed by atoms with Crippen LogP contribution in [0.2, 0.25) is 0 Å². The Kier molecular flexibility index (Phi) is 3.40. The van der Waals surface area contributed by atoms with Crippen molar-refractivity contribution in [2.24, 2.45) is 0 Å². The van der Waals surface area contributed by atoms with Gasteiger partial charge in [-0.25, -0.2) is 0 Å². The summed E-state index contributed by atoms with van der Waals surface area (Å²) in [6.45, 7) is 0.969. The van der Waals surface area contributed by atoms with E-state index in [2.05, 4.69) is 0 Å². The summed E-state index contributed by atoms with van der Waals surface area (Å²) in [5.41, 5.74) is -2.53. The first kappa shape index (κ1) is 14.0. The fourth-order valence-corrected chi connectivity index (χ4v) is 2.10. The summed E-state index contributed by atoms with van der Waals surface area (Å²) < 4.78 is 75.8. The van der Waals surface area contributed by atoms with Crippen LogP contribution in [0.4, 0.5) is 32.0 Å². The highest BCUT2D eigenvalue weighted by Crippen LogP contribution is 2.38. The number of hydrogen-bond donors (Lipinski definition) is 0. The van der Waals surface area contributed by atoms with E-state index in [4.69, 9.17) is 0 Å². The van der Waals surface area contributed by atoms with E-state index in [1.54, 1.807) is 4.90 Å². The van der Waals surface area contributed by atoms with E-state index in [0.717, 1.165) is 25.0 Å². The van der Waals surface area contributed by atoms with Gasteiger partial charge in [-0.2, -0.15) is 26.3 Å². The van der Waals surface area contributed by atoms with Gasteiger partial charge < -0.3 is 4.90 Å². The zero-order valence-electron chi connectivity index (χ0n) is 9.78. The molecule has 7 heteroatoms. The van der Waals surface area contributed by atoms with Crippen molar-refractivity contribution in [2.75, 3.05) is 18.0 Å². The number of benzene rings is 1. The van der Waals surface area contributed by atoms with Crippen molar-refractivity contribution in [3.63, 3.8) is 0 Å². The Balaban J connectivity index is 2.48. The SMILES string of the molecule is FC(F)(F)c1cc(N2CCCC2)cc(C(F)(F)F)c1. The lowest BCUT2D eigenvalue weighted by atomic mass is 10.1. The van der Waals surface area contributed by atoms with Crippen LogP contribution in [-0.4, -0.2) is 13.1 Å². The summed E-state index contributed by atoms with van der Waals surface area (Å²) in [6, 6.07) is 1.71. The van der Waals surface area contributed by atoms with Crippen molar-refractivity contribution < 1.29 is 26.3 Å². The Morgan fingerprint density at radius 2 is 1.16 bits per heavy atom. The molecule has 1 aromatic carbocycles. The van der Waals surface area contributed by atoms with Crippen LogP contribution in [0.1, 0.15) is 24.0 Å². The largest absolute Gasteiger partial charge is 0.416 e. The Labute approximate surface area is 105 Å². The lowest BCUT2D eigenvalue weighted by Crippen LogP contribution is -2.20. The minimum Gasteiger partial charge on any atom is -0.372 e. The van der Waals surface area contributed by atoms with E-state index in [9.17, 15) is 26.3 Å². The highest BCUT2D eigenvalue weighted by Gasteiger charge is 2.37. The van der Waals surface area contributed by atoms with E-state index in [1.165, 1.54) is 0 Å². The van der Waals surface area contributed by atoms with Gasteiger partial charge in [0.1, 0.15) is 0 Å². The molecule has 1 saturated heterocycles. The number of hydrogen-bond acceptors (Lipinski definition) is 1. The van der Waals surface area contributed by atoms with Crippen LogP contribution in [0.5, 0.6) is 0 Å². The molecule has 0 aromatic heterocycles. The topological polar surface area (TPSA) is 3.24 Å². The quantitative estimate of drug-likeness (QED) is 0.694. The third-order valence-corrected chi connectivity index (χ3v) is 3.04. The third kappa shape index (κ3) is 3.13. The van der Waals surface area contributed by atoms with Crippen LogP contribution in [0.25, 0.3) is 0 Å². The van der Waals surface area contributed by atoms with Crippen LogP contribution in [-0.2, 0) is 12.4 Å². The molecule has 0 bridgehead atoms. The van der Waals surface area contributed by atoms with Gasteiger partial charge in [0.25, 0.3) is 0 Å². The molecule has 0 unspecified atom stereocenters. The number of rotatable bonds is 1. The predicted octanol–water partition coefficient (Wildman–Crippen LogP) is 4.32. The average Bonchev–Trinajstić information content (AvgIpc) is 2.79. The molecule has 0 amide bonds. The molecular weight excluding hydrogens is 272 g/mol. The van der Waals surface area contributed by atoms with Crippen LogP contribution >= 0.6 is 0 Å². The first-order valence-electron chi connectivity index (χ1n) is 5.72. The molecule has 0 radical (unpaired) electrons. The van der Waals surface area contributed by atoms with Crippen molar-refractivity contribution in [1.29, 1.82) is 0 Å². The van der Waals surface area contributed by atoms with Crippen molar-refractivity contribution in [3.8, 4) is 0 Å². The van der Waals surface area contributed by atoms with Crippen molar-refractivity contribution in [1.82, 2.24) is 0 Å². The lowest BCUT2D eigenvalue weighted by Gasteiger charge is -2.21. The monoisotopic (exact) mass is 283 g/mol. The molecule has 1 aromatic rings. The molecule has 2 rings (SSSR count). The number of nitrogens with zero attached hydrogens (tertiary/aromatic N) is 1. The van der Waals surface area contributed by atoms with Crippen LogP contribution in [0.15, 0.2) is 18.2 Å². The van der Waals surface area contributed by atoms with Crippen LogP contribution < -0.4 is 4.90 Å². The van der Waals surface area contributed by atoms with Crippen molar-refractivity contribution in [2.45, 2.75) is 25.2 Å². The second-order valence-corrected chi connectivity index (χ2v) is 4.46. The maximum atomic E-state index is 12.6. The zero-order chi connectivity index (χ0) is 14.3. The predicted molar refractivity (Wildman–Crippen MR) is 57.9 cm³/mol. The van der Waals surface area contributed by atoms with Gasteiger partial charge in [0.15, 0.2) is 0 Å². The summed E-state index contributed by atoms with van der Waals surface area (Å²) in [6.07, 6.45) is -8.01. The van der Waals surface area contributed by atoms with Gasteiger partial charge in [-0.1, -0.05) is 0 Å². The summed E-state index contributed by atoms with van der Waals surface area (Å²) in [5.74, 6) is 0. The van der Waals surface area contributed by atoms with Crippen LogP contribution in [0, 0.1) is 0 Å². The molecule has 1 heterocycles. The molecule has 1 fully saturated rings.